The Morgan fingerprint density at radius 2 is 1.95 bits per heavy atom. The molecule has 1 amide bonds. The molecule has 110 valence electrons. The van der Waals surface area contributed by atoms with Crippen LogP contribution in [0.1, 0.15) is 42.1 Å². The van der Waals surface area contributed by atoms with Crippen molar-refractivity contribution in [3.63, 3.8) is 0 Å². The molecule has 0 unspecified atom stereocenters. The lowest BCUT2D eigenvalue weighted by atomic mass is 10.1. The van der Waals surface area contributed by atoms with Crippen molar-refractivity contribution in [3.05, 3.63) is 58.9 Å². The van der Waals surface area contributed by atoms with Gasteiger partial charge in [0, 0.05) is 18.1 Å². The number of hydrogen-bond donors (Lipinski definition) is 1. The zero-order valence-electron chi connectivity index (χ0n) is 12.1. The van der Waals surface area contributed by atoms with Crippen LogP contribution in [0.4, 0.5) is 5.69 Å². The molecular weight excluding hydrogens is 284 g/mol. The number of nitrogens with zero attached hydrogens (tertiary/aromatic N) is 1. The van der Waals surface area contributed by atoms with Gasteiger partial charge in [0.05, 0.1) is 10.6 Å². The smallest absolute Gasteiger partial charge is 0.257 e. The maximum absolute atomic E-state index is 12.1. The molecule has 1 N–H and O–H groups in total. The van der Waals surface area contributed by atoms with Crippen molar-refractivity contribution in [2.45, 2.75) is 32.6 Å². The molecule has 21 heavy (non-hydrogen) atoms. The van der Waals surface area contributed by atoms with Gasteiger partial charge in [-0.3, -0.25) is 9.78 Å². The van der Waals surface area contributed by atoms with Gasteiger partial charge in [-0.15, -0.1) is 0 Å². The van der Waals surface area contributed by atoms with Gasteiger partial charge in [-0.05, 0) is 36.6 Å². The predicted molar refractivity (Wildman–Crippen MR) is 86.9 cm³/mol. The molecule has 1 aromatic carbocycles. The van der Waals surface area contributed by atoms with Crippen molar-refractivity contribution < 1.29 is 4.79 Å². The number of anilines is 1. The van der Waals surface area contributed by atoms with E-state index in [0.717, 1.165) is 12.1 Å². The van der Waals surface area contributed by atoms with Crippen LogP contribution in [-0.4, -0.2) is 10.9 Å². The summed E-state index contributed by atoms with van der Waals surface area (Å²) in [6.07, 6.45) is 7.78. The van der Waals surface area contributed by atoms with Gasteiger partial charge in [0.2, 0.25) is 0 Å². The number of carbonyl (C=O) groups excluding carboxylic acids is 1. The van der Waals surface area contributed by atoms with Crippen molar-refractivity contribution in [1.29, 1.82) is 0 Å². The molecule has 1 aromatic heterocycles. The molecule has 0 aliphatic heterocycles. The largest absolute Gasteiger partial charge is 0.322 e. The molecule has 0 bridgehead atoms. The number of aromatic nitrogens is 1. The Labute approximate surface area is 130 Å². The zero-order valence-corrected chi connectivity index (χ0v) is 12.9. The standard InChI is InChI=1S/C17H19ClN2O/c1-2-3-4-5-13-6-8-14(9-7-13)20-17(21)15-10-11-19-12-16(15)18/h6-12H,2-5H2,1H3,(H,20,21). The Kier molecular flexibility index (Phi) is 5.76. The van der Waals surface area contributed by atoms with E-state index in [4.69, 9.17) is 11.6 Å². The second kappa shape index (κ2) is 7.79. The second-order valence-electron chi connectivity index (χ2n) is 4.96. The molecule has 0 radical (unpaired) electrons. The molecule has 2 aromatic rings. The van der Waals surface area contributed by atoms with Crippen molar-refractivity contribution in [1.82, 2.24) is 4.98 Å². The van der Waals surface area contributed by atoms with E-state index < -0.39 is 0 Å². The summed E-state index contributed by atoms with van der Waals surface area (Å²) in [6.45, 7) is 2.20. The molecule has 0 aliphatic carbocycles. The van der Waals surface area contributed by atoms with Crippen LogP contribution in [-0.2, 0) is 6.42 Å². The fraction of sp³-hybridized carbons (Fsp3) is 0.294. The third-order valence-electron chi connectivity index (χ3n) is 3.30. The topological polar surface area (TPSA) is 42.0 Å². The van der Waals surface area contributed by atoms with Gasteiger partial charge in [0.15, 0.2) is 0 Å². The Bertz CT molecular complexity index is 596. The first-order chi connectivity index (χ1) is 10.2. The Balaban J connectivity index is 1.97. The molecule has 3 nitrogen and oxygen atoms in total. The third-order valence-corrected chi connectivity index (χ3v) is 3.60. The Hall–Kier alpha value is -1.87. The van der Waals surface area contributed by atoms with E-state index in [-0.39, 0.29) is 5.91 Å². The molecule has 0 saturated carbocycles. The normalized spacial score (nSPS) is 10.4. The van der Waals surface area contributed by atoms with E-state index >= 15 is 0 Å². The number of amides is 1. The molecular formula is C17H19ClN2O. The lowest BCUT2D eigenvalue weighted by Gasteiger charge is -2.07. The maximum Gasteiger partial charge on any atom is 0.257 e. The average molecular weight is 303 g/mol. The summed E-state index contributed by atoms with van der Waals surface area (Å²) in [6, 6.07) is 9.57. The van der Waals surface area contributed by atoms with Crippen LogP contribution in [0.15, 0.2) is 42.7 Å². The van der Waals surface area contributed by atoms with Crippen LogP contribution in [0.5, 0.6) is 0 Å². The first-order valence-corrected chi connectivity index (χ1v) is 7.58. The van der Waals surface area contributed by atoms with Crippen LogP contribution >= 0.6 is 11.6 Å². The summed E-state index contributed by atoms with van der Waals surface area (Å²) >= 11 is 5.96. The van der Waals surface area contributed by atoms with E-state index in [1.165, 1.54) is 31.0 Å². The highest BCUT2D eigenvalue weighted by Gasteiger charge is 2.10. The lowest BCUT2D eigenvalue weighted by Crippen LogP contribution is -2.12. The zero-order chi connectivity index (χ0) is 15.1. The number of pyridine rings is 1. The minimum Gasteiger partial charge on any atom is -0.322 e. The number of nitrogens with one attached hydrogen (secondary N) is 1. The highest BCUT2D eigenvalue weighted by molar-refractivity contribution is 6.34. The minimum atomic E-state index is -0.221. The van der Waals surface area contributed by atoms with E-state index in [1.807, 2.05) is 12.1 Å². The van der Waals surface area contributed by atoms with E-state index in [1.54, 1.807) is 12.3 Å². The maximum atomic E-state index is 12.1. The lowest BCUT2D eigenvalue weighted by molar-refractivity contribution is 0.102. The van der Waals surface area contributed by atoms with Crippen LogP contribution in [0.2, 0.25) is 5.02 Å². The van der Waals surface area contributed by atoms with Gasteiger partial charge < -0.3 is 5.32 Å². The molecule has 1 heterocycles. The summed E-state index contributed by atoms with van der Waals surface area (Å²) < 4.78 is 0. The van der Waals surface area contributed by atoms with Crippen molar-refractivity contribution >= 4 is 23.2 Å². The number of aryl methyl sites for hydroxylation is 1. The monoisotopic (exact) mass is 302 g/mol. The molecule has 0 fully saturated rings. The number of benzene rings is 1. The third kappa shape index (κ3) is 4.57. The van der Waals surface area contributed by atoms with Crippen LogP contribution < -0.4 is 5.32 Å². The van der Waals surface area contributed by atoms with E-state index in [0.29, 0.717) is 10.6 Å². The van der Waals surface area contributed by atoms with Gasteiger partial charge in [0.25, 0.3) is 5.91 Å². The SMILES string of the molecule is CCCCCc1ccc(NC(=O)c2ccncc2Cl)cc1. The molecule has 0 saturated heterocycles. The first-order valence-electron chi connectivity index (χ1n) is 7.20. The molecule has 0 atom stereocenters. The van der Waals surface area contributed by atoms with E-state index in [2.05, 4.69) is 29.4 Å². The van der Waals surface area contributed by atoms with Gasteiger partial charge in [-0.1, -0.05) is 43.5 Å². The van der Waals surface area contributed by atoms with Gasteiger partial charge in [0.1, 0.15) is 0 Å². The predicted octanol–water partition coefficient (Wildman–Crippen LogP) is 4.72. The molecule has 0 spiro atoms. The fourth-order valence-corrected chi connectivity index (χ4v) is 2.30. The highest BCUT2D eigenvalue weighted by atomic mass is 35.5. The highest BCUT2D eigenvalue weighted by Crippen LogP contribution is 2.17. The summed E-state index contributed by atoms with van der Waals surface area (Å²) in [5.41, 5.74) is 2.49. The summed E-state index contributed by atoms with van der Waals surface area (Å²) in [4.78, 5) is 16.0. The van der Waals surface area contributed by atoms with Gasteiger partial charge in [-0.25, -0.2) is 0 Å². The second-order valence-corrected chi connectivity index (χ2v) is 5.37. The fourth-order valence-electron chi connectivity index (χ4n) is 2.09. The quantitative estimate of drug-likeness (QED) is 0.784. The summed E-state index contributed by atoms with van der Waals surface area (Å²) in [5, 5.41) is 3.20. The number of hydrogen-bond acceptors (Lipinski definition) is 2. The number of unbranched alkanes of at least 4 members (excludes halogenated alkanes) is 2. The first kappa shape index (κ1) is 15.5. The molecule has 4 heteroatoms. The minimum absolute atomic E-state index is 0.221. The van der Waals surface area contributed by atoms with Crippen molar-refractivity contribution in [2.24, 2.45) is 0 Å². The number of carbonyl (C=O) groups is 1. The van der Waals surface area contributed by atoms with Crippen molar-refractivity contribution in [2.75, 3.05) is 5.32 Å². The molecule has 2 rings (SSSR count). The number of rotatable bonds is 6. The Morgan fingerprint density at radius 1 is 1.19 bits per heavy atom. The van der Waals surface area contributed by atoms with E-state index in [9.17, 15) is 4.79 Å². The van der Waals surface area contributed by atoms with Crippen LogP contribution in [0.3, 0.4) is 0 Å². The molecule has 0 aliphatic rings. The summed E-state index contributed by atoms with van der Waals surface area (Å²) in [7, 11) is 0. The van der Waals surface area contributed by atoms with Crippen LogP contribution in [0, 0.1) is 0 Å². The number of halogens is 1. The van der Waals surface area contributed by atoms with Crippen molar-refractivity contribution in [3.8, 4) is 0 Å². The van der Waals surface area contributed by atoms with Gasteiger partial charge in [-0.2, -0.15) is 0 Å². The van der Waals surface area contributed by atoms with Gasteiger partial charge >= 0.3 is 0 Å². The van der Waals surface area contributed by atoms with Crippen LogP contribution in [0.25, 0.3) is 0 Å². The summed E-state index contributed by atoms with van der Waals surface area (Å²) in [5.74, 6) is -0.221. The Morgan fingerprint density at radius 3 is 2.62 bits per heavy atom. The average Bonchev–Trinajstić information content (AvgIpc) is 2.49.